The van der Waals surface area contributed by atoms with Gasteiger partial charge in [-0.15, -0.1) is 0 Å². The van der Waals surface area contributed by atoms with E-state index in [2.05, 4.69) is 0 Å². The standard InChI is InChI=1S/C15H20F3NO4/c1-19(8-4-7-14(21)22)9-11(20)10-23-13-6-3-2-5-12(13)15(16,17)18/h2-3,5-6,11,20H,4,7-10H2,1H3,(H,21,22). The molecule has 2 N–H and O–H groups in total. The van der Waals surface area contributed by atoms with Crippen LogP contribution >= 0.6 is 0 Å². The van der Waals surface area contributed by atoms with Crippen molar-refractivity contribution in [2.75, 3.05) is 26.7 Å². The number of alkyl halides is 3. The van der Waals surface area contributed by atoms with Crippen LogP contribution in [0.2, 0.25) is 0 Å². The van der Waals surface area contributed by atoms with Crippen molar-refractivity contribution in [2.24, 2.45) is 0 Å². The highest BCUT2D eigenvalue weighted by molar-refractivity contribution is 5.66. The Hall–Kier alpha value is -1.80. The van der Waals surface area contributed by atoms with Crippen molar-refractivity contribution >= 4 is 5.97 Å². The van der Waals surface area contributed by atoms with Gasteiger partial charge in [-0.25, -0.2) is 0 Å². The molecule has 130 valence electrons. The number of carboxylic acids is 1. The Morgan fingerprint density at radius 2 is 2.00 bits per heavy atom. The van der Waals surface area contributed by atoms with E-state index in [0.717, 1.165) is 6.07 Å². The van der Waals surface area contributed by atoms with Crippen LogP contribution in [0.5, 0.6) is 5.75 Å². The molecule has 1 aromatic rings. The second-order valence-electron chi connectivity index (χ2n) is 5.22. The zero-order valence-corrected chi connectivity index (χ0v) is 12.7. The minimum absolute atomic E-state index is 0.0237. The normalized spacial score (nSPS) is 13.1. The zero-order chi connectivity index (χ0) is 17.5. The fourth-order valence-corrected chi connectivity index (χ4v) is 2.02. The lowest BCUT2D eigenvalue weighted by molar-refractivity contribution is -0.139. The Balaban J connectivity index is 2.45. The average Bonchev–Trinajstić information content (AvgIpc) is 2.44. The molecule has 1 rings (SSSR count). The molecule has 8 heteroatoms. The van der Waals surface area contributed by atoms with Crippen molar-refractivity contribution in [3.05, 3.63) is 29.8 Å². The molecule has 5 nitrogen and oxygen atoms in total. The van der Waals surface area contributed by atoms with Crippen LogP contribution in [-0.2, 0) is 11.0 Å². The molecule has 23 heavy (non-hydrogen) atoms. The summed E-state index contributed by atoms with van der Waals surface area (Å²) in [6.07, 6.45) is -5.05. The van der Waals surface area contributed by atoms with Gasteiger partial charge in [0.1, 0.15) is 18.5 Å². The number of aliphatic hydroxyl groups is 1. The van der Waals surface area contributed by atoms with Crippen LogP contribution in [0.4, 0.5) is 13.2 Å². The lowest BCUT2D eigenvalue weighted by Crippen LogP contribution is -2.34. The van der Waals surface area contributed by atoms with E-state index < -0.39 is 23.8 Å². The summed E-state index contributed by atoms with van der Waals surface area (Å²) in [4.78, 5) is 12.1. The maximum atomic E-state index is 12.8. The SMILES string of the molecule is CN(CCCC(=O)O)CC(O)COc1ccccc1C(F)(F)F. The van der Waals surface area contributed by atoms with E-state index in [9.17, 15) is 23.1 Å². The number of likely N-dealkylation sites (N-methyl/N-ethyl adjacent to an activating group) is 1. The summed E-state index contributed by atoms with van der Waals surface area (Å²) >= 11 is 0. The topological polar surface area (TPSA) is 70.0 Å². The van der Waals surface area contributed by atoms with Gasteiger partial charge in [0.15, 0.2) is 0 Å². The lowest BCUT2D eigenvalue weighted by Gasteiger charge is -2.21. The highest BCUT2D eigenvalue weighted by Crippen LogP contribution is 2.35. The third-order valence-corrected chi connectivity index (χ3v) is 3.08. The van der Waals surface area contributed by atoms with Gasteiger partial charge in [-0.1, -0.05) is 12.1 Å². The maximum Gasteiger partial charge on any atom is 0.419 e. The molecule has 0 aliphatic carbocycles. The molecular formula is C15H20F3NO4. The van der Waals surface area contributed by atoms with Crippen molar-refractivity contribution < 1.29 is 32.9 Å². The Bertz CT molecular complexity index is 508. The minimum atomic E-state index is -4.52. The van der Waals surface area contributed by atoms with E-state index in [0.29, 0.717) is 13.0 Å². The van der Waals surface area contributed by atoms with Gasteiger partial charge in [0, 0.05) is 13.0 Å². The molecule has 0 amide bonds. The molecule has 1 aromatic carbocycles. The summed E-state index contributed by atoms with van der Waals surface area (Å²) in [5, 5.41) is 18.3. The van der Waals surface area contributed by atoms with E-state index >= 15 is 0 Å². The van der Waals surface area contributed by atoms with Crippen LogP contribution in [0, 0.1) is 0 Å². The summed E-state index contributed by atoms with van der Waals surface area (Å²) in [5.74, 6) is -1.22. The van der Waals surface area contributed by atoms with Gasteiger partial charge in [-0.05, 0) is 32.1 Å². The molecule has 1 atom stereocenters. The number of benzene rings is 1. The van der Waals surface area contributed by atoms with E-state index in [1.54, 1.807) is 11.9 Å². The predicted octanol–water partition coefficient (Wildman–Crippen LogP) is 2.24. The van der Waals surface area contributed by atoms with Crippen LogP contribution in [0.1, 0.15) is 18.4 Å². The Kier molecular flexibility index (Phi) is 7.31. The van der Waals surface area contributed by atoms with Crippen molar-refractivity contribution in [1.82, 2.24) is 4.90 Å². The average molecular weight is 335 g/mol. The maximum absolute atomic E-state index is 12.8. The van der Waals surface area contributed by atoms with E-state index in [1.807, 2.05) is 0 Å². The Labute approximate surface area is 132 Å². The fraction of sp³-hybridized carbons (Fsp3) is 0.533. The van der Waals surface area contributed by atoms with Crippen molar-refractivity contribution in [3.8, 4) is 5.75 Å². The highest BCUT2D eigenvalue weighted by Gasteiger charge is 2.34. The summed E-state index contributed by atoms with van der Waals surface area (Å²) < 4.78 is 43.4. The number of hydrogen-bond donors (Lipinski definition) is 2. The molecule has 0 bridgehead atoms. The van der Waals surface area contributed by atoms with Crippen LogP contribution in [-0.4, -0.2) is 53.9 Å². The first-order valence-electron chi connectivity index (χ1n) is 7.07. The predicted molar refractivity (Wildman–Crippen MR) is 77.3 cm³/mol. The van der Waals surface area contributed by atoms with Gasteiger partial charge >= 0.3 is 12.1 Å². The third-order valence-electron chi connectivity index (χ3n) is 3.08. The molecule has 0 aliphatic rings. The third kappa shape index (κ3) is 7.34. The molecule has 0 aromatic heterocycles. The van der Waals surface area contributed by atoms with Gasteiger partial charge in [-0.2, -0.15) is 13.2 Å². The second-order valence-corrected chi connectivity index (χ2v) is 5.22. The number of carboxylic acid groups (broad SMARTS) is 1. The molecule has 0 radical (unpaired) electrons. The second kappa shape index (κ2) is 8.73. The fourth-order valence-electron chi connectivity index (χ4n) is 2.02. The first-order chi connectivity index (χ1) is 10.7. The minimum Gasteiger partial charge on any atom is -0.490 e. The number of hydrogen-bond acceptors (Lipinski definition) is 4. The van der Waals surface area contributed by atoms with Crippen molar-refractivity contribution in [2.45, 2.75) is 25.1 Å². The number of para-hydroxylation sites is 1. The summed E-state index contributed by atoms with van der Waals surface area (Å²) in [6, 6.07) is 4.81. The Morgan fingerprint density at radius 3 is 2.61 bits per heavy atom. The molecule has 0 heterocycles. The molecule has 0 aliphatic heterocycles. The van der Waals surface area contributed by atoms with Crippen molar-refractivity contribution in [3.63, 3.8) is 0 Å². The summed E-state index contributed by atoms with van der Waals surface area (Å²) in [5.41, 5.74) is -0.887. The van der Waals surface area contributed by atoms with Crippen LogP contribution in [0.15, 0.2) is 24.3 Å². The highest BCUT2D eigenvalue weighted by atomic mass is 19.4. The van der Waals surface area contributed by atoms with E-state index in [-0.39, 0.29) is 25.3 Å². The molecule has 0 saturated heterocycles. The molecule has 0 saturated carbocycles. The number of aliphatic carboxylic acids is 1. The largest absolute Gasteiger partial charge is 0.490 e. The zero-order valence-electron chi connectivity index (χ0n) is 12.7. The van der Waals surface area contributed by atoms with Gasteiger partial charge in [-0.3, -0.25) is 4.79 Å². The van der Waals surface area contributed by atoms with Crippen molar-refractivity contribution in [1.29, 1.82) is 0 Å². The summed E-state index contributed by atoms with van der Waals surface area (Å²) in [6.45, 7) is 0.354. The van der Waals surface area contributed by atoms with Crippen LogP contribution in [0.25, 0.3) is 0 Å². The number of ether oxygens (including phenoxy) is 1. The van der Waals surface area contributed by atoms with Gasteiger partial charge in [0.2, 0.25) is 0 Å². The summed E-state index contributed by atoms with van der Waals surface area (Å²) in [7, 11) is 1.69. The number of halogens is 3. The first kappa shape index (κ1) is 19.2. The van der Waals surface area contributed by atoms with E-state index in [4.69, 9.17) is 9.84 Å². The number of aliphatic hydroxyl groups excluding tert-OH is 1. The first-order valence-corrected chi connectivity index (χ1v) is 7.07. The molecule has 0 fully saturated rings. The Morgan fingerprint density at radius 1 is 1.35 bits per heavy atom. The lowest BCUT2D eigenvalue weighted by atomic mass is 10.2. The monoisotopic (exact) mass is 335 g/mol. The molecule has 1 unspecified atom stereocenters. The van der Waals surface area contributed by atoms with Crippen LogP contribution < -0.4 is 4.74 Å². The van der Waals surface area contributed by atoms with E-state index in [1.165, 1.54) is 18.2 Å². The molecular weight excluding hydrogens is 315 g/mol. The smallest absolute Gasteiger partial charge is 0.419 e. The van der Waals surface area contributed by atoms with Gasteiger partial charge in [0.25, 0.3) is 0 Å². The molecule has 0 spiro atoms. The quantitative estimate of drug-likeness (QED) is 0.724. The van der Waals surface area contributed by atoms with Gasteiger partial charge < -0.3 is 19.8 Å². The number of rotatable bonds is 9. The number of nitrogens with zero attached hydrogens (tertiary/aromatic N) is 1. The van der Waals surface area contributed by atoms with Crippen LogP contribution in [0.3, 0.4) is 0 Å². The van der Waals surface area contributed by atoms with Gasteiger partial charge in [0.05, 0.1) is 5.56 Å². The number of carbonyl (C=O) groups is 1.